The van der Waals surface area contributed by atoms with Crippen molar-refractivity contribution in [1.29, 1.82) is 0 Å². The third-order valence-corrected chi connectivity index (χ3v) is 12.7. The Balaban J connectivity index is 1.21. The number of aryl methyl sites for hydroxylation is 1. The van der Waals surface area contributed by atoms with Gasteiger partial charge in [0.2, 0.25) is 0 Å². The number of hydrogen-bond donors (Lipinski definition) is 0. The zero-order chi connectivity index (χ0) is 38.0. The van der Waals surface area contributed by atoms with Crippen molar-refractivity contribution in [3.8, 4) is 33.4 Å². The Kier molecular flexibility index (Phi) is 7.09. The number of fused-ring (bicyclic) bond motifs is 9. The van der Waals surface area contributed by atoms with E-state index >= 15 is 0 Å². The molecule has 10 rings (SSSR count). The van der Waals surface area contributed by atoms with Crippen LogP contribution < -0.4 is 4.90 Å². The Hall–Kier alpha value is -5.86. The summed E-state index contributed by atoms with van der Waals surface area (Å²) < 4.78 is 6.39. The van der Waals surface area contributed by atoms with Crippen molar-refractivity contribution >= 4 is 39.0 Å². The first-order chi connectivity index (χ1) is 26.3. The van der Waals surface area contributed by atoms with Crippen molar-refractivity contribution in [2.45, 2.75) is 71.6 Å². The minimum Gasteiger partial charge on any atom is -0.456 e. The SMILES string of the molecule is Cc1cccc2c1oc1ccc(-c3ccccc3N(c3ccc4c(c3)C(C)(C)c3ccccc3-4)c3ccc4c(c3)C(C)(C)c3cccc(C(C)(C)C)c3-4)cc12. The Morgan fingerprint density at radius 2 is 1.13 bits per heavy atom. The van der Waals surface area contributed by atoms with Crippen molar-refractivity contribution in [3.63, 3.8) is 0 Å². The molecule has 2 aliphatic rings. The van der Waals surface area contributed by atoms with Crippen LogP contribution in [-0.2, 0) is 16.2 Å². The Morgan fingerprint density at radius 1 is 0.509 bits per heavy atom. The van der Waals surface area contributed by atoms with Gasteiger partial charge < -0.3 is 9.32 Å². The first-order valence-electron chi connectivity index (χ1n) is 19.7. The minimum atomic E-state index is -0.153. The molecule has 0 aliphatic heterocycles. The van der Waals surface area contributed by atoms with E-state index in [9.17, 15) is 0 Å². The monoisotopic (exact) mass is 713 g/mol. The predicted molar refractivity (Wildman–Crippen MR) is 232 cm³/mol. The number of furan rings is 1. The molecule has 0 atom stereocenters. The van der Waals surface area contributed by atoms with Crippen molar-refractivity contribution in [3.05, 3.63) is 173 Å². The van der Waals surface area contributed by atoms with Crippen molar-refractivity contribution in [2.75, 3.05) is 4.90 Å². The highest BCUT2D eigenvalue weighted by molar-refractivity contribution is 6.08. The van der Waals surface area contributed by atoms with E-state index in [0.717, 1.165) is 50.1 Å². The normalized spacial score (nSPS) is 14.8. The van der Waals surface area contributed by atoms with Crippen LogP contribution >= 0.6 is 0 Å². The first kappa shape index (κ1) is 33.7. The van der Waals surface area contributed by atoms with Crippen LogP contribution in [-0.4, -0.2) is 0 Å². The maximum atomic E-state index is 6.39. The van der Waals surface area contributed by atoms with Gasteiger partial charge in [-0.2, -0.15) is 0 Å². The summed E-state index contributed by atoms with van der Waals surface area (Å²) in [6.45, 7) is 18.6. The van der Waals surface area contributed by atoms with Crippen LogP contribution in [0.2, 0.25) is 0 Å². The standard InChI is InChI=1S/C53H47NO/c1-32-15-13-18-39-41-29-33(23-28-48(41)55-50(32)39)36-16-10-12-22-47(36)54(34-24-26-38-37-17-9-11-19-42(37)52(5,6)45(38)30-34)35-25-27-40-46(31-35)53(7,8)44-21-14-20-43(49(40)44)51(2,3)4/h9-31H,1-8H3. The molecule has 0 saturated heterocycles. The second-order valence-corrected chi connectivity index (χ2v) is 17.9. The summed E-state index contributed by atoms with van der Waals surface area (Å²) in [5, 5.41) is 2.29. The van der Waals surface area contributed by atoms with Gasteiger partial charge in [0.15, 0.2) is 0 Å². The van der Waals surface area contributed by atoms with Gasteiger partial charge in [-0.3, -0.25) is 0 Å². The van der Waals surface area contributed by atoms with Crippen LogP contribution in [0.5, 0.6) is 0 Å². The summed E-state index contributed by atoms with van der Waals surface area (Å²) >= 11 is 0. The molecule has 1 heterocycles. The lowest BCUT2D eigenvalue weighted by Gasteiger charge is -2.31. The van der Waals surface area contributed by atoms with Gasteiger partial charge in [-0.05, 0) is 116 Å². The molecule has 2 nitrogen and oxygen atoms in total. The summed E-state index contributed by atoms with van der Waals surface area (Å²) in [7, 11) is 0. The summed E-state index contributed by atoms with van der Waals surface area (Å²) in [6, 6.07) is 52.2. The Labute approximate surface area is 325 Å². The van der Waals surface area contributed by atoms with E-state index in [1.807, 2.05) is 0 Å². The third-order valence-electron chi connectivity index (χ3n) is 12.7. The second-order valence-electron chi connectivity index (χ2n) is 17.9. The van der Waals surface area contributed by atoms with E-state index in [1.54, 1.807) is 0 Å². The van der Waals surface area contributed by atoms with Crippen molar-refractivity contribution in [1.82, 2.24) is 0 Å². The zero-order valence-corrected chi connectivity index (χ0v) is 33.1. The maximum absolute atomic E-state index is 6.39. The van der Waals surface area contributed by atoms with Crippen LogP contribution in [0, 0.1) is 6.92 Å². The summed E-state index contributed by atoms with van der Waals surface area (Å²) in [6.07, 6.45) is 0. The Morgan fingerprint density at radius 3 is 1.89 bits per heavy atom. The van der Waals surface area contributed by atoms with Gasteiger partial charge in [0.05, 0.1) is 5.69 Å². The molecule has 0 N–H and O–H groups in total. The molecule has 0 radical (unpaired) electrons. The quantitative estimate of drug-likeness (QED) is 0.181. The number of nitrogens with zero attached hydrogens (tertiary/aromatic N) is 1. The molecule has 270 valence electrons. The summed E-state index contributed by atoms with van der Waals surface area (Å²) in [4.78, 5) is 2.50. The molecule has 1 aromatic heterocycles. The fraction of sp³-hybridized carbons (Fsp3) is 0.208. The van der Waals surface area contributed by atoms with Gasteiger partial charge in [-0.15, -0.1) is 0 Å². The first-order valence-corrected chi connectivity index (χ1v) is 19.7. The fourth-order valence-electron chi connectivity index (χ4n) is 9.82. The number of hydrogen-bond acceptors (Lipinski definition) is 2. The second kappa shape index (κ2) is 11.6. The highest BCUT2D eigenvalue weighted by Crippen LogP contribution is 2.55. The van der Waals surface area contributed by atoms with E-state index in [0.29, 0.717) is 0 Å². The van der Waals surface area contributed by atoms with E-state index in [4.69, 9.17) is 4.42 Å². The van der Waals surface area contributed by atoms with Crippen LogP contribution in [0.25, 0.3) is 55.3 Å². The van der Waals surface area contributed by atoms with Crippen molar-refractivity contribution in [2.24, 2.45) is 0 Å². The smallest absolute Gasteiger partial charge is 0.138 e. The third kappa shape index (κ3) is 4.87. The average Bonchev–Trinajstić information content (AvgIpc) is 3.75. The molecule has 0 unspecified atom stereocenters. The number of anilines is 3. The van der Waals surface area contributed by atoms with Crippen LogP contribution in [0.3, 0.4) is 0 Å². The lowest BCUT2D eigenvalue weighted by atomic mass is 9.79. The fourth-order valence-corrected chi connectivity index (χ4v) is 9.82. The predicted octanol–water partition coefficient (Wildman–Crippen LogP) is 14.9. The largest absolute Gasteiger partial charge is 0.456 e. The highest BCUT2D eigenvalue weighted by Gasteiger charge is 2.40. The summed E-state index contributed by atoms with van der Waals surface area (Å²) in [5.74, 6) is 0. The molecule has 0 saturated carbocycles. The van der Waals surface area contributed by atoms with Crippen molar-refractivity contribution < 1.29 is 4.42 Å². The number of para-hydroxylation sites is 2. The zero-order valence-electron chi connectivity index (χ0n) is 33.1. The Bertz CT molecular complexity index is 2870. The molecule has 2 aliphatic carbocycles. The molecule has 2 heteroatoms. The van der Waals surface area contributed by atoms with E-state index < -0.39 is 0 Å². The molecule has 0 fully saturated rings. The minimum absolute atomic E-state index is 0.0294. The van der Waals surface area contributed by atoms with Gasteiger partial charge >= 0.3 is 0 Å². The molecule has 55 heavy (non-hydrogen) atoms. The van der Waals surface area contributed by atoms with E-state index in [-0.39, 0.29) is 16.2 Å². The van der Waals surface area contributed by atoms with E-state index in [1.165, 1.54) is 55.6 Å². The number of benzene rings is 7. The molecule has 0 spiro atoms. The number of rotatable bonds is 4. The van der Waals surface area contributed by atoms with Crippen LogP contribution in [0.4, 0.5) is 17.1 Å². The molecular formula is C53H47NO. The summed E-state index contributed by atoms with van der Waals surface area (Å²) in [5.41, 5.74) is 20.9. The van der Waals surface area contributed by atoms with Gasteiger partial charge in [-0.25, -0.2) is 0 Å². The van der Waals surface area contributed by atoms with Gasteiger partial charge in [-0.1, -0.05) is 146 Å². The molecule has 8 aromatic rings. The lowest BCUT2D eigenvalue weighted by molar-refractivity contribution is 0.589. The molecule has 0 amide bonds. The topological polar surface area (TPSA) is 16.4 Å². The molecule has 0 bridgehead atoms. The van der Waals surface area contributed by atoms with Crippen LogP contribution in [0.15, 0.2) is 144 Å². The maximum Gasteiger partial charge on any atom is 0.138 e. The van der Waals surface area contributed by atoms with Crippen LogP contribution in [0.1, 0.15) is 81.8 Å². The molecular weight excluding hydrogens is 667 g/mol. The average molecular weight is 714 g/mol. The lowest BCUT2D eigenvalue weighted by Crippen LogP contribution is -2.18. The molecule has 7 aromatic carbocycles. The van der Waals surface area contributed by atoms with Gasteiger partial charge in [0, 0.05) is 38.5 Å². The van der Waals surface area contributed by atoms with E-state index in [2.05, 4.69) is 200 Å². The highest BCUT2D eigenvalue weighted by atomic mass is 16.3. The van der Waals surface area contributed by atoms with Gasteiger partial charge in [0.1, 0.15) is 11.2 Å². The van der Waals surface area contributed by atoms with Gasteiger partial charge in [0.25, 0.3) is 0 Å².